The first kappa shape index (κ1) is 16.5. The van der Waals surface area contributed by atoms with Gasteiger partial charge in [-0.15, -0.1) is 0 Å². The Hall–Kier alpha value is -1.82. The van der Waals surface area contributed by atoms with E-state index in [1.54, 1.807) is 24.3 Å². The molecule has 1 aliphatic rings. The van der Waals surface area contributed by atoms with E-state index in [2.05, 4.69) is 0 Å². The monoisotopic (exact) mass is 321 g/mol. The molecule has 0 aliphatic carbocycles. The maximum atomic E-state index is 12.6. The van der Waals surface area contributed by atoms with Gasteiger partial charge in [0.2, 0.25) is 5.91 Å². The highest BCUT2D eigenvalue weighted by atomic mass is 32.2. The van der Waals surface area contributed by atoms with Crippen LogP contribution in [0.4, 0.5) is 0 Å². The summed E-state index contributed by atoms with van der Waals surface area (Å²) >= 11 is 1.13. The van der Waals surface area contributed by atoms with Crippen molar-refractivity contribution in [3.05, 3.63) is 35.9 Å². The highest BCUT2D eigenvalue weighted by Gasteiger charge is 2.37. The molecule has 1 fully saturated rings. The van der Waals surface area contributed by atoms with Crippen LogP contribution in [-0.2, 0) is 14.4 Å². The molecule has 22 heavy (non-hydrogen) atoms. The number of piperidine rings is 1. The molecule has 1 aromatic carbocycles. The fraction of sp³-hybridized carbons (Fsp3) is 0.438. The first-order valence-corrected chi connectivity index (χ1v) is 8.21. The van der Waals surface area contributed by atoms with Crippen molar-refractivity contribution in [2.45, 2.75) is 25.8 Å². The second-order valence-electron chi connectivity index (χ2n) is 5.32. The Balaban J connectivity index is 2.19. The summed E-state index contributed by atoms with van der Waals surface area (Å²) in [6.07, 6.45) is 1.46. The standard InChI is InChI=1S/C16H19NO4S/c1-11(18)22-10-13-8-5-9-17(15(13)19)14(16(20)21)12-6-3-2-4-7-12/h2-4,6-7,13-14H,5,8-10H2,1H3,(H,20,21). The summed E-state index contributed by atoms with van der Waals surface area (Å²) in [4.78, 5) is 36.8. The predicted octanol–water partition coefficient (Wildman–Crippen LogP) is 2.33. The molecule has 1 N–H and O–H groups in total. The average molecular weight is 321 g/mol. The molecule has 1 amide bonds. The number of hydrogen-bond acceptors (Lipinski definition) is 4. The first-order valence-electron chi connectivity index (χ1n) is 7.22. The van der Waals surface area contributed by atoms with E-state index in [1.165, 1.54) is 11.8 Å². The molecule has 0 saturated carbocycles. The van der Waals surface area contributed by atoms with Gasteiger partial charge in [-0.2, -0.15) is 0 Å². The van der Waals surface area contributed by atoms with Gasteiger partial charge in [-0.25, -0.2) is 4.79 Å². The van der Waals surface area contributed by atoms with Crippen LogP contribution in [0.15, 0.2) is 30.3 Å². The van der Waals surface area contributed by atoms with Crippen LogP contribution in [-0.4, -0.2) is 39.3 Å². The molecule has 118 valence electrons. The Labute approximate surface area is 133 Å². The van der Waals surface area contributed by atoms with Crippen molar-refractivity contribution in [2.24, 2.45) is 5.92 Å². The van der Waals surface area contributed by atoms with Crippen molar-refractivity contribution >= 4 is 28.8 Å². The molecular weight excluding hydrogens is 302 g/mol. The molecule has 2 unspecified atom stereocenters. The summed E-state index contributed by atoms with van der Waals surface area (Å²) in [6.45, 7) is 1.91. The summed E-state index contributed by atoms with van der Waals surface area (Å²) in [6, 6.07) is 7.83. The molecule has 6 heteroatoms. The van der Waals surface area contributed by atoms with Crippen molar-refractivity contribution in [1.82, 2.24) is 4.90 Å². The number of carboxylic acid groups (broad SMARTS) is 1. The zero-order valence-corrected chi connectivity index (χ0v) is 13.2. The number of aliphatic carboxylic acids is 1. The van der Waals surface area contributed by atoms with Crippen LogP contribution in [0.25, 0.3) is 0 Å². The second-order valence-corrected chi connectivity index (χ2v) is 6.52. The molecule has 2 atom stereocenters. The Morgan fingerprint density at radius 1 is 1.36 bits per heavy atom. The fourth-order valence-corrected chi connectivity index (χ4v) is 3.44. The van der Waals surface area contributed by atoms with E-state index in [-0.39, 0.29) is 16.9 Å². The number of thioether (sulfide) groups is 1. The maximum Gasteiger partial charge on any atom is 0.331 e. The van der Waals surface area contributed by atoms with Crippen LogP contribution in [0.5, 0.6) is 0 Å². The van der Waals surface area contributed by atoms with Gasteiger partial charge in [-0.05, 0) is 18.4 Å². The fourth-order valence-electron chi connectivity index (χ4n) is 2.70. The Kier molecular flexibility index (Phi) is 5.60. The highest BCUT2D eigenvalue weighted by molar-refractivity contribution is 8.13. The third-order valence-corrected chi connectivity index (χ3v) is 4.71. The molecule has 1 aromatic rings. The number of rotatable bonds is 5. The molecule has 1 heterocycles. The minimum absolute atomic E-state index is 0.0252. The van der Waals surface area contributed by atoms with Crippen molar-refractivity contribution < 1.29 is 19.5 Å². The number of hydrogen-bond donors (Lipinski definition) is 1. The molecule has 1 saturated heterocycles. The van der Waals surface area contributed by atoms with Crippen molar-refractivity contribution in [3.8, 4) is 0 Å². The van der Waals surface area contributed by atoms with E-state index in [0.717, 1.165) is 18.2 Å². The summed E-state index contributed by atoms with van der Waals surface area (Å²) < 4.78 is 0. The SMILES string of the molecule is CC(=O)SCC1CCCN(C(C(=O)O)c2ccccc2)C1=O. The molecule has 1 aliphatic heterocycles. The number of carboxylic acids is 1. The van der Waals surface area contributed by atoms with E-state index >= 15 is 0 Å². The molecule has 0 radical (unpaired) electrons. The summed E-state index contributed by atoms with van der Waals surface area (Å²) in [7, 11) is 0. The van der Waals surface area contributed by atoms with Gasteiger partial charge >= 0.3 is 5.97 Å². The van der Waals surface area contributed by atoms with Crippen molar-refractivity contribution in [3.63, 3.8) is 0 Å². The highest BCUT2D eigenvalue weighted by Crippen LogP contribution is 2.30. The molecule has 5 nitrogen and oxygen atoms in total. The summed E-state index contributed by atoms with van der Waals surface area (Å²) in [5.74, 6) is -1.06. The Morgan fingerprint density at radius 3 is 2.64 bits per heavy atom. The second kappa shape index (κ2) is 7.45. The number of amides is 1. The van der Waals surface area contributed by atoms with E-state index in [9.17, 15) is 19.5 Å². The lowest BCUT2D eigenvalue weighted by molar-refractivity contribution is -0.154. The first-order chi connectivity index (χ1) is 10.5. The zero-order chi connectivity index (χ0) is 16.1. The van der Waals surface area contributed by atoms with Gasteiger partial charge in [0.05, 0.1) is 0 Å². The van der Waals surface area contributed by atoms with Gasteiger partial charge < -0.3 is 10.0 Å². The van der Waals surface area contributed by atoms with Crippen LogP contribution in [0, 0.1) is 5.92 Å². The summed E-state index contributed by atoms with van der Waals surface area (Å²) in [5, 5.41) is 9.52. The van der Waals surface area contributed by atoms with Crippen molar-refractivity contribution in [2.75, 3.05) is 12.3 Å². The van der Waals surface area contributed by atoms with Gasteiger partial charge in [-0.1, -0.05) is 42.1 Å². The molecule has 0 bridgehead atoms. The number of benzene rings is 1. The van der Waals surface area contributed by atoms with Gasteiger partial charge in [0.1, 0.15) is 0 Å². The molecule has 0 aromatic heterocycles. The number of likely N-dealkylation sites (tertiary alicyclic amines) is 1. The minimum atomic E-state index is -1.03. The predicted molar refractivity (Wildman–Crippen MR) is 84.4 cm³/mol. The third kappa shape index (κ3) is 3.88. The largest absolute Gasteiger partial charge is 0.479 e. The lowest BCUT2D eigenvalue weighted by Crippen LogP contribution is -2.46. The van der Waals surface area contributed by atoms with E-state index in [0.29, 0.717) is 24.3 Å². The van der Waals surface area contributed by atoms with Gasteiger partial charge in [0.15, 0.2) is 11.2 Å². The van der Waals surface area contributed by atoms with Crippen LogP contribution < -0.4 is 0 Å². The van der Waals surface area contributed by atoms with Crippen LogP contribution >= 0.6 is 11.8 Å². The third-order valence-electron chi connectivity index (χ3n) is 3.73. The van der Waals surface area contributed by atoms with Crippen LogP contribution in [0.3, 0.4) is 0 Å². The van der Waals surface area contributed by atoms with E-state index in [1.807, 2.05) is 6.07 Å². The number of carbonyl (C=O) groups is 3. The Morgan fingerprint density at radius 2 is 2.05 bits per heavy atom. The molecular formula is C16H19NO4S. The van der Waals surface area contributed by atoms with E-state index < -0.39 is 12.0 Å². The minimum Gasteiger partial charge on any atom is -0.479 e. The molecule has 0 spiro atoms. The number of nitrogens with zero attached hydrogens (tertiary/aromatic N) is 1. The maximum absolute atomic E-state index is 12.6. The van der Waals surface area contributed by atoms with Crippen molar-refractivity contribution in [1.29, 1.82) is 0 Å². The average Bonchev–Trinajstić information content (AvgIpc) is 2.48. The lowest BCUT2D eigenvalue weighted by Gasteiger charge is -2.36. The van der Waals surface area contributed by atoms with Crippen LogP contribution in [0.1, 0.15) is 31.4 Å². The van der Waals surface area contributed by atoms with Crippen LogP contribution in [0.2, 0.25) is 0 Å². The lowest BCUT2D eigenvalue weighted by atomic mass is 9.95. The normalized spacial score (nSPS) is 19.8. The topological polar surface area (TPSA) is 74.7 Å². The number of carbonyl (C=O) groups excluding carboxylic acids is 2. The van der Waals surface area contributed by atoms with Gasteiger partial charge in [-0.3, -0.25) is 9.59 Å². The van der Waals surface area contributed by atoms with Gasteiger partial charge in [0.25, 0.3) is 0 Å². The quantitative estimate of drug-likeness (QED) is 0.901. The molecule has 2 rings (SSSR count). The zero-order valence-electron chi connectivity index (χ0n) is 12.4. The Bertz CT molecular complexity index is 561. The van der Waals surface area contributed by atoms with E-state index in [4.69, 9.17) is 0 Å². The van der Waals surface area contributed by atoms with Gasteiger partial charge in [0, 0.05) is 25.1 Å². The summed E-state index contributed by atoms with van der Waals surface area (Å²) in [5.41, 5.74) is 0.600. The smallest absolute Gasteiger partial charge is 0.331 e.